The molecule has 0 unspecified atom stereocenters. The second-order valence-corrected chi connectivity index (χ2v) is 5.68. The van der Waals surface area contributed by atoms with Gasteiger partial charge in [0, 0.05) is 10.7 Å². The Kier molecular flexibility index (Phi) is 3.61. The normalized spacial score (nSPS) is 13.7. The van der Waals surface area contributed by atoms with Crippen LogP contribution in [0.3, 0.4) is 0 Å². The van der Waals surface area contributed by atoms with E-state index in [9.17, 15) is 34.8 Å². The predicted octanol–water partition coefficient (Wildman–Crippen LogP) is 3.65. The van der Waals surface area contributed by atoms with Crippen LogP contribution < -0.4 is 0 Å². The van der Waals surface area contributed by atoms with Crippen molar-refractivity contribution < 1.29 is 34.8 Å². The van der Waals surface area contributed by atoms with E-state index in [2.05, 4.69) is 0 Å². The number of alkyl halides is 6. The highest BCUT2D eigenvalue weighted by Crippen LogP contribution is 2.39. The van der Waals surface area contributed by atoms with Crippen LogP contribution in [0.2, 0.25) is 0 Å². The van der Waals surface area contributed by atoms with E-state index in [4.69, 9.17) is 10.7 Å². The van der Waals surface area contributed by atoms with Crippen molar-refractivity contribution in [2.75, 3.05) is 0 Å². The number of rotatable bonds is 1. The first-order valence-electron chi connectivity index (χ1n) is 4.06. The summed E-state index contributed by atoms with van der Waals surface area (Å²) in [5.74, 6) is 0. The van der Waals surface area contributed by atoms with Crippen LogP contribution in [0.25, 0.3) is 0 Å². The summed E-state index contributed by atoms with van der Waals surface area (Å²) in [5, 5.41) is 0. The lowest BCUT2D eigenvalue weighted by Gasteiger charge is -2.14. The summed E-state index contributed by atoms with van der Waals surface area (Å²) >= 11 is 0. The van der Waals surface area contributed by atoms with Crippen LogP contribution in [0.5, 0.6) is 0 Å². The lowest BCUT2D eigenvalue weighted by molar-refractivity contribution is -0.144. The Labute approximate surface area is 102 Å². The van der Waals surface area contributed by atoms with Gasteiger partial charge < -0.3 is 0 Å². The molecule has 0 fully saturated rings. The lowest BCUT2D eigenvalue weighted by atomic mass is 10.1. The van der Waals surface area contributed by atoms with Crippen molar-refractivity contribution in [3.8, 4) is 0 Å². The SMILES string of the molecule is O=S(=O)(Cl)c1ccc(C(F)(F)F)cc1C(F)(F)F. The molecule has 18 heavy (non-hydrogen) atoms. The Morgan fingerprint density at radius 2 is 1.44 bits per heavy atom. The van der Waals surface area contributed by atoms with Crippen molar-refractivity contribution in [1.29, 1.82) is 0 Å². The third kappa shape index (κ3) is 3.29. The van der Waals surface area contributed by atoms with E-state index >= 15 is 0 Å². The van der Waals surface area contributed by atoms with E-state index in [1.807, 2.05) is 0 Å². The number of hydrogen-bond acceptors (Lipinski definition) is 2. The molecule has 0 bridgehead atoms. The number of halogens is 7. The summed E-state index contributed by atoms with van der Waals surface area (Å²) < 4.78 is 95.8. The summed E-state index contributed by atoms with van der Waals surface area (Å²) in [7, 11) is -0.0667. The van der Waals surface area contributed by atoms with Gasteiger partial charge in [0.15, 0.2) is 0 Å². The van der Waals surface area contributed by atoms with Crippen LogP contribution in [-0.2, 0) is 21.4 Å². The van der Waals surface area contributed by atoms with E-state index in [0.717, 1.165) is 0 Å². The molecule has 0 N–H and O–H groups in total. The molecule has 0 spiro atoms. The Balaban J connectivity index is 3.61. The number of hydrogen-bond donors (Lipinski definition) is 0. The van der Waals surface area contributed by atoms with Crippen LogP contribution in [0.1, 0.15) is 11.1 Å². The maximum atomic E-state index is 12.5. The molecular formula is C8H3ClF6O2S. The molecule has 0 aliphatic heterocycles. The zero-order valence-corrected chi connectivity index (χ0v) is 9.67. The Hall–Kier alpha value is -0.960. The maximum Gasteiger partial charge on any atom is 0.417 e. The Morgan fingerprint density at radius 3 is 1.78 bits per heavy atom. The Bertz CT molecular complexity index is 560. The van der Waals surface area contributed by atoms with Gasteiger partial charge in [-0.05, 0) is 18.2 Å². The van der Waals surface area contributed by atoms with Gasteiger partial charge in [0.1, 0.15) is 0 Å². The summed E-state index contributed by atoms with van der Waals surface area (Å²) in [6.45, 7) is 0. The summed E-state index contributed by atoms with van der Waals surface area (Å²) in [4.78, 5) is -1.41. The fourth-order valence-electron chi connectivity index (χ4n) is 1.14. The third-order valence-corrected chi connectivity index (χ3v) is 3.26. The molecule has 0 radical (unpaired) electrons. The molecule has 102 valence electrons. The molecular weight excluding hydrogens is 310 g/mol. The quantitative estimate of drug-likeness (QED) is 0.586. The highest BCUT2D eigenvalue weighted by Gasteiger charge is 2.40. The van der Waals surface area contributed by atoms with Crippen LogP contribution in [0.15, 0.2) is 23.1 Å². The molecule has 0 amide bonds. The molecule has 0 heterocycles. The van der Waals surface area contributed by atoms with Gasteiger partial charge in [-0.2, -0.15) is 26.3 Å². The minimum absolute atomic E-state index is 0.175. The van der Waals surface area contributed by atoms with Crippen molar-refractivity contribution in [3.63, 3.8) is 0 Å². The number of benzene rings is 1. The van der Waals surface area contributed by atoms with Crippen LogP contribution in [0, 0.1) is 0 Å². The second-order valence-electron chi connectivity index (χ2n) is 3.14. The lowest BCUT2D eigenvalue weighted by Crippen LogP contribution is -2.14. The van der Waals surface area contributed by atoms with Crippen molar-refractivity contribution in [3.05, 3.63) is 29.3 Å². The predicted molar refractivity (Wildman–Crippen MR) is 49.5 cm³/mol. The minimum Gasteiger partial charge on any atom is -0.207 e. The van der Waals surface area contributed by atoms with Gasteiger partial charge in [-0.1, -0.05) is 0 Å². The van der Waals surface area contributed by atoms with Gasteiger partial charge >= 0.3 is 12.4 Å². The third-order valence-electron chi connectivity index (χ3n) is 1.87. The monoisotopic (exact) mass is 312 g/mol. The van der Waals surface area contributed by atoms with Crippen LogP contribution in [-0.4, -0.2) is 8.42 Å². The standard InChI is InChI=1S/C8H3ClF6O2S/c9-18(16,17)6-2-1-4(7(10,11)12)3-5(6)8(13,14)15/h1-3H. The first-order chi connectivity index (χ1) is 7.83. The highest BCUT2D eigenvalue weighted by atomic mass is 35.7. The molecule has 1 rings (SSSR count). The fraction of sp³-hybridized carbons (Fsp3) is 0.250. The molecule has 2 nitrogen and oxygen atoms in total. The molecule has 0 aliphatic rings. The highest BCUT2D eigenvalue weighted by molar-refractivity contribution is 8.13. The minimum atomic E-state index is -5.27. The molecule has 1 aromatic rings. The van der Waals surface area contributed by atoms with Crippen molar-refractivity contribution >= 4 is 19.7 Å². The first kappa shape index (κ1) is 15.1. The fourth-order valence-corrected chi connectivity index (χ4v) is 2.21. The van der Waals surface area contributed by atoms with Gasteiger partial charge in [0.25, 0.3) is 9.05 Å². The van der Waals surface area contributed by atoms with Crippen LogP contribution in [0.4, 0.5) is 26.3 Å². The van der Waals surface area contributed by atoms with Crippen molar-refractivity contribution in [1.82, 2.24) is 0 Å². The molecule has 0 atom stereocenters. The molecule has 0 aromatic heterocycles. The van der Waals surface area contributed by atoms with Crippen LogP contribution >= 0.6 is 10.7 Å². The molecule has 0 saturated carbocycles. The van der Waals surface area contributed by atoms with Crippen molar-refractivity contribution in [2.45, 2.75) is 17.2 Å². The van der Waals surface area contributed by atoms with Gasteiger partial charge in [-0.15, -0.1) is 0 Å². The summed E-state index contributed by atoms with van der Waals surface area (Å²) in [6.07, 6.45) is -10.3. The molecule has 0 saturated heterocycles. The molecule has 1 aromatic carbocycles. The average Bonchev–Trinajstić information content (AvgIpc) is 2.12. The summed E-state index contributed by atoms with van der Waals surface area (Å²) in [5.41, 5.74) is -3.56. The van der Waals surface area contributed by atoms with E-state index in [1.165, 1.54) is 0 Å². The smallest absolute Gasteiger partial charge is 0.207 e. The Morgan fingerprint density at radius 1 is 0.944 bits per heavy atom. The van der Waals surface area contributed by atoms with Gasteiger partial charge in [-0.25, -0.2) is 8.42 Å². The van der Waals surface area contributed by atoms with E-state index in [-0.39, 0.29) is 18.2 Å². The zero-order valence-electron chi connectivity index (χ0n) is 8.10. The van der Waals surface area contributed by atoms with E-state index < -0.39 is 37.4 Å². The van der Waals surface area contributed by atoms with Gasteiger partial charge in [0.05, 0.1) is 16.0 Å². The molecule has 10 heteroatoms. The summed E-state index contributed by atoms with van der Waals surface area (Å²) in [6, 6.07) is 0.0910. The topological polar surface area (TPSA) is 34.1 Å². The van der Waals surface area contributed by atoms with Crippen molar-refractivity contribution in [2.24, 2.45) is 0 Å². The average molecular weight is 313 g/mol. The van der Waals surface area contributed by atoms with E-state index in [0.29, 0.717) is 0 Å². The largest absolute Gasteiger partial charge is 0.417 e. The zero-order chi connectivity index (χ0) is 14.4. The first-order valence-corrected chi connectivity index (χ1v) is 6.37. The molecule has 0 aliphatic carbocycles. The van der Waals surface area contributed by atoms with Gasteiger partial charge in [-0.3, -0.25) is 0 Å². The van der Waals surface area contributed by atoms with E-state index in [1.54, 1.807) is 0 Å². The second kappa shape index (κ2) is 4.30. The van der Waals surface area contributed by atoms with Gasteiger partial charge in [0.2, 0.25) is 0 Å². The maximum absolute atomic E-state index is 12.5.